The van der Waals surface area contributed by atoms with Crippen LogP contribution < -0.4 is 4.74 Å². The second kappa shape index (κ2) is 10.5. The predicted octanol–water partition coefficient (Wildman–Crippen LogP) is 8.43. The Morgan fingerprint density at radius 3 is 2.16 bits per heavy atom. The molecule has 0 radical (unpaired) electrons. The van der Waals surface area contributed by atoms with Gasteiger partial charge in [-0.05, 0) is 60.8 Å². The fraction of sp³-hybridized carbons (Fsp3) is 0.520. The van der Waals surface area contributed by atoms with Gasteiger partial charge in [-0.25, -0.2) is 4.39 Å². The second-order valence-corrected chi connectivity index (χ2v) is 8.48. The Hall–Kier alpha value is -2.11. The molecule has 0 heterocycles. The number of benzene rings is 2. The Bertz CT molecular complexity index is 836. The van der Waals surface area contributed by atoms with Crippen molar-refractivity contribution in [1.29, 1.82) is 0 Å². The minimum absolute atomic E-state index is 0.00282. The highest BCUT2D eigenvalue weighted by Gasteiger charge is 2.29. The fourth-order valence-electron chi connectivity index (χ4n) is 4.43. The molecule has 0 aliphatic heterocycles. The molecular weight excluding hydrogens is 411 g/mol. The largest absolute Gasteiger partial charge is 0.481 e. The number of rotatable bonds is 8. The first-order valence-corrected chi connectivity index (χ1v) is 11.1. The van der Waals surface area contributed by atoms with Crippen molar-refractivity contribution in [3.8, 4) is 16.9 Å². The van der Waals surface area contributed by atoms with Crippen LogP contribution in [0.25, 0.3) is 11.1 Å². The van der Waals surface area contributed by atoms with E-state index in [1.807, 2.05) is 12.1 Å². The summed E-state index contributed by atoms with van der Waals surface area (Å²) in [5, 5.41) is 0. The first-order valence-electron chi connectivity index (χ1n) is 11.1. The maximum absolute atomic E-state index is 14.5. The fourth-order valence-corrected chi connectivity index (χ4v) is 4.43. The molecule has 170 valence electrons. The second-order valence-electron chi connectivity index (χ2n) is 8.48. The van der Waals surface area contributed by atoms with Crippen molar-refractivity contribution in [2.24, 2.45) is 5.92 Å². The van der Waals surface area contributed by atoms with Crippen LogP contribution in [0.15, 0.2) is 36.4 Å². The van der Waals surface area contributed by atoms with Crippen LogP contribution in [-0.2, 0) is 0 Å². The van der Waals surface area contributed by atoms with Gasteiger partial charge in [0.05, 0.1) is 0 Å². The molecule has 2 aromatic carbocycles. The average Bonchev–Trinajstić information content (AvgIpc) is 2.75. The van der Waals surface area contributed by atoms with Crippen molar-refractivity contribution in [3.63, 3.8) is 0 Å². The van der Waals surface area contributed by atoms with E-state index in [9.17, 15) is 22.0 Å². The highest BCUT2D eigenvalue weighted by atomic mass is 19.4. The van der Waals surface area contributed by atoms with Crippen LogP contribution in [0.1, 0.15) is 69.8 Å². The van der Waals surface area contributed by atoms with Gasteiger partial charge in [0.15, 0.2) is 18.2 Å². The van der Waals surface area contributed by atoms with Crippen molar-refractivity contribution >= 4 is 0 Å². The summed E-state index contributed by atoms with van der Waals surface area (Å²) in [6, 6.07) is 9.67. The van der Waals surface area contributed by atoms with Gasteiger partial charge in [-0.15, -0.1) is 0 Å². The molecule has 0 N–H and O–H groups in total. The van der Waals surface area contributed by atoms with Crippen LogP contribution in [0.2, 0.25) is 0 Å². The number of unbranched alkanes of at least 4 members (excludes halogenated alkanes) is 2. The quantitative estimate of drug-likeness (QED) is 0.296. The summed E-state index contributed by atoms with van der Waals surface area (Å²) in [4.78, 5) is 0. The summed E-state index contributed by atoms with van der Waals surface area (Å²) in [5.74, 6) is -2.06. The summed E-state index contributed by atoms with van der Waals surface area (Å²) in [7, 11) is 0. The van der Waals surface area contributed by atoms with Crippen molar-refractivity contribution in [2.75, 3.05) is 6.61 Å². The third-order valence-electron chi connectivity index (χ3n) is 6.19. The standard InChI is InChI=1S/C25H29F5O/c1-2-3-4-5-17-6-8-18(9-7-17)19-10-12-20(13-11-19)21-14-15-22(24(27)23(21)26)31-16-25(28,29)30/h10-15,17-18H,2-9,16H2,1H3. The van der Waals surface area contributed by atoms with Crippen LogP contribution >= 0.6 is 0 Å². The molecule has 0 spiro atoms. The molecule has 0 atom stereocenters. The molecule has 0 unspecified atom stereocenters. The summed E-state index contributed by atoms with van der Waals surface area (Å²) in [6.07, 6.45) is 5.30. The summed E-state index contributed by atoms with van der Waals surface area (Å²) < 4.78 is 69.8. The normalized spacial score (nSPS) is 19.4. The topological polar surface area (TPSA) is 9.23 Å². The first kappa shape index (κ1) is 23.6. The van der Waals surface area contributed by atoms with Crippen molar-refractivity contribution in [2.45, 2.75) is 70.4 Å². The molecule has 6 heteroatoms. The van der Waals surface area contributed by atoms with Crippen molar-refractivity contribution < 1.29 is 26.7 Å². The monoisotopic (exact) mass is 440 g/mol. The van der Waals surface area contributed by atoms with E-state index in [0.29, 0.717) is 11.5 Å². The average molecular weight is 440 g/mol. The molecule has 0 saturated heterocycles. The molecule has 3 rings (SSSR count). The third kappa shape index (κ3) is 6.44. The van der Waals surface area contributed by atoms with Gasteiger partial charge in [0, 0.05) is 5.56 Å². The van der Waals surface area contributed by atoms with E-state index in [-0.39, 0.29) is 5.56 Å². The SMILES string of the molecule is CCCCCC1CCC(c2ccc(-c3ccc(OCC(F)(F)F)c(F)c3F)cc2)CC1. The molecule has 1 aliphatic rings. The van der Waals surface area contributed by atoms with E-state index in [0.717, 1.165) is 24.8 Å². The van der Waals surface area contributed by atoms with E-state index < -0.39 is 30.2 Å². The lowest BCUT2D eigenvalue weighted by Gasteiger charge is -2.29. The van der Waals surface area contributed by atoms with Gasteiger partial charge in [-0.2, -0.15) is 17.6 Å². The van der Waals surface area contributed by atoms with Gasteiger partial charge in [-0.1, -0.05) is 56.9 Å². The molecule has 31 heavy (non-hydrogen) atoms. The summed E-state index contributed by atoms with van der Waals surface area (Å²) in [6.45, 7) is 0.551. The molecule has 1 nitrogen and oxygen atoms in total. The van der Waals surface area contributed by atoms with E-state index in [4.69, 9.17) is 0 Å². The zero-order chi connectivity index (χ0) is 22.4. The Morgan fingerprint density at radius 1 is 0.871 bits per heavy atom. The smallest absolute Gasteiger partial charge is 0.422 e. The zero-order valence-electron chi connectivity index (χ0n) is 17.8. The van der Waals surface area contributed by atoms with E-state index in [1.54, 1.807) is 12.1 Å². The lowest BCUT2D eigenvalue weighted by atomic mass is 9.77. The number of alkyl halides is 3. The minimum atomic E-state index is -4.62. The third-order valence-corrected chi connectivity index (χ3v) is 6.19. The maximum Gasteiger partial charge on any atom is 0.422 e. The molecule has 1 fully saturated rings. The zero-order valence-corrected chi connectivity index (χ0v) is 17.8. The number of hydrogen-bond acceptors (Lipinski definition) is 1. The van der Waals surface area contributed by atoms with Crippen LogP contribution in [0, 0.1) is 17.6 Å². The van der Waals surface area contributed by atoms with Crippen molar-refractivity contribution in [3.05, 3.63) is 53.6 Å². The van der Waals surface area contributed by atoms with Gasteiger partial charge in [-0.3, -0.25) is 0 Å². The Balaban J connectivity index is 1.63. The Labute approximate surface area is 180 Å². The van der Waals surface area contributed by atoms with E-state index in [2.05, 4.69) is 11.7 Å². The summed E-state index contributed by atoms with van der Waals surface area (Å²) in [5.41, 5.74) is 1.68. The molecule has 0 amide bonds. The van der Waals surface area contributed by atoms with E-state index >= 15 is 0 Å². The Morgan fingerprint density at radius 2 is 1.55 bits per heavy atom. The first-order chi connectivity index (χ1) is 14.8. The van der Waals surface area contributed by atoms with Gasteiger partial charge in [0.25, 0.3) is 0 Å². The van der Waals surface area contributed by atoms with Crippen LogP contribution in [0.5, 0.6) is 5.75 Å². The van der Waals surface area contributed by atoms with Gasteiger partial charge < -0.3 is 4.74 Å². The predicted molar refractivity (Wildman–Crippen MR) is 112 cm³/mol. The van der Waals surface area contributed by atoms with Crippen LogP contribution in [-0.4, -0.2) is 12.8 Å². The Kier molecular flexibility index (Phi) is 7.95. The minimum Gasteiger partial charge on any atom is -0.481 e. The van der Waals surface area contributed by atoms with Crippen LogP contribution in [0.4, 0.5) is 22.0 Å². The number of halogens is 5. The molecule has 0 aromatic heterocycles. The molecular formula is C25H29F5O. The van der Waals surface area contributed by atoms with Gasteiger partial charge >= 0.3 is 6.18 Å². The van der Waals surface area contributed by atoms with Crippen LogP contribution in [0.3, 0.4) is 0 Å². The molecule has 1 aliphatic carbocycles. The van der Waals surface area contributed by atoms with E-state index in [1.165, 1.54) is 50.2 Å². The van der Waals surface area contributed by atoms with Gasteiger partial charge in [0.1, 0.15) is 0 Å². The lowest BCUT2D eigenvalue weighted by Crippen LogP contribution is -2.19. The summed E-state index contributed by atoms with van der Waals surface area (Å²) >= 11 is 0. The molecule has 2 aromatic rings. The highest BCUT2D eigenvalue weighted by Crippen LogP contribution is 2.39. The number of hydrogen-bond donors (Lipinski definition) is 0. The molecule has 1 saturated carbocycles. The molecule has 0 bridgehead atoms. The van der Waals surface area contributed by atoms with Gasteiger partial charge in [0.2, 0.25) is 5.82 Å². The lowest BCUT2D eigenvalue weighted by molar-refractivity contribution is -0.153. The maximum atomic E-state index is 14.5. The number of ether oxygens (including phenoxy) is 1. The highest BCUT2D eigenvalue weighted by molar-refractivity contribution is 5.65. The van der Waals surface area contributed by atoms with Crippen molar-refractivity contribution in [1.82, 2.24) is 0 Å².